The maximum atomic E-state index is 4.72. The quantitative estimate of drug-likeness (QED) is 0.490. The Morgan fingerprint density at radius 2 is 1.72 bits per heavy atom. The number of thiophene rings is 1. The zero-order chi connectivity index (χ0) is 20.3. The van der Waals surface area contributed by atoms with Crippen LogP contribution in [-0.4, -0.2) is 24.0 Å². The molecule has 2 aromatic heterocycles. The van der Waals surface area contributed by atoms with Crippen molar-refractivity contribution in [3.63, 3.8) is 0 Å². The summed E-state index contributed by atoms with van der Waals surface area (Å²) in [5, 5.41) is 3.63. The fraction of sp³-hybridized carbons (Fsp3) is 0.217. The Morgan fingerprint density at radius 1 is 1.00 bits per heavy atom. The van der Waals surface area contributed by atoms with E-state index < -0.39 is 0 Å². The molecule has 0 unspecified atom stereocenters. The zero-order valence-corrected chi connectivity index (χ0v) is 18.2. The Morgan fingerprint density at radius 3 is 2.45 bits per heavy atom. The molecule has 4 aromatic rings. The molecule has 0 saturated carbocycles. The van der Waals surface area contributed by atoms with Gasteiger partial charge in [0, 0.05) is 16.3 Å². The highest BCUT2D eigenvalue weighted by Gasteiger charge is 2.36. The minimum atomic E-state index is 0.00371. The topological polar surface area (TPSA) is 41.0 Å². The SMILES string of the molecule is Cc1cc(C)c(-c2sc3c(B4Nc5ccccc5N4C)ncnc3c2C)c(C)c1. The maximum Gasteiger partial charge on any atom is 0.429 e. The standard InChI is InChI=1S/C23H23BN4S/c1-13-10-14(2)19(15(3)11-13)21-16(4)20-22(29-21)23(26-12-25-20)24-27-17-8-6-7-9-18(17)28(24)5/h6-12,27H,1-5H3. The molecular weight excluding hydrogens is 375 g/mol. The fourth-order valence-corrected chi connectivity index (χ4v) is 6.00. The summed E-state index contributed by atoms with van der Waals surface area (Å²) in [6, 6.07) is 12.9. The van der Waals surface area contributed by atoms with Gasteiger partial charge in [-0.25, -0.2) is 9.97 Å². The van der Waals surface area contributed by atoms with Gasteiger partial charge in [0.15, 0.2) is 0 Å². The van der Waals surface area contributed by atoms with E-state index in [1.165, 1.54) is 38.4 Å². The van der Waals surface area contributed by atoms with Crippen LogP contribution in [0.25, 0.3) is 20.7 Å². The molecule has 0 spiro atoms. The van der Waals surface area contributed by atoms with Crippen LogP contribution in [-0.2, 0) is 0 Å². The first-order valence-corrected chi connectivity index (χ1v) is 10.7. The summed E-state index contributed by atoms with van der Waals surface area (Å²) in [7, 11) is 2.12. The monoisotopic (exact) mass is 398 g/mol. The van der Waals surface area contributed by atoms with Gasteiger partial charge in [0.1, 0.15) is 6.33 Å². The summed E-state index contributed by atoms with van der Waals surface area (Å²) < 4.78 is 1.16. The first kappa shape index (κ1) is 18.2. The van der Waals surface area contributed by atoms with Gasteiger partial charge in [-0.3, -0.25) is 0 Å². The van der Waals surface area contributed by atoms with Crippen molar-refractivity contribution in [2.75, 3.05) is 17.1 Å². The lowest BCUT2D eigenvalue weighted by atomic mass is 9.71. The number of benzene rings is 2. The van der Waals surface area contributed by atoms with Gasteiger partial charge in [-0.15, -0.1) is 11.3 Å². The van der Waals surface area contributed by atoms with Crippen LogP contribution in [0, 0.1) is 27.7 Å². The smallest absolute Gasteiger partial charge is 0.403 e. The summed E-state index contributed by atoms with van der Waals surface area (Å²) in [5.74, 6) is 0. The van der Waals surface area contributed by atoms with Crippen molar-refractivity contribution < 1.29 is 0 Å². The number of nitrogens with one attached hydrogen (secondary N) is 1. The Hall–Kier alpha value is -2.86. The van der Waals surface area contributed by atoms with Crippen molar-refractivity contribution in [2.24, 2.45) is 0 Å². The largest absolute Gasteiger partial charge is 0.429 e. The Kier molecular flexibility index (Phi) is 4.14. The number of rotatable bonds is 2. The highest BCUT2D eigenvalue weighted by molar-refractivity contribution is 7.24. The highest BCUT2D eigenvalue weighted by atomic mass is 32.1. The van der Waals surface area contributed by atoms with Gasteiger partial charge in [-0.05, 0) is 69.1 Å². The van der Waals surface area contributed by atoms with E-state index in [-0.39, 0.29) is 6.98 Å². The second-order valence-electron chi connectivity index (χ2n) is 7.94. The van der Waals surface area contributed by atoms with E-state index in [2.05, 4.69) is 86.2 Å². The molecule has 4 nitrogen and oxygen atoms in total. The summed E-state index contributed by atoms with van der Waals surface area (Å²) in [6.07, 6.45) is 1.70. The number of nitrogens with zero attached hydrogens (tertiary/aromatic N) is 3. The Labute approximate surface area is 175 Å². The summed E-state index contributed by atoms with van der Waals surface area (Å²) in [6.45, 7) is 8.75. The lowest BCUT2D eigenvalue weighted by molar-refractivity contribution is 1.23. The molecule has 0 saturated heterocycles. The van der Waals surface area contributed by atoms with Crippen LogP contribution in [0.3, 0.4) is 0 Å². The Bertz CT molecular complexity index is 1240. The van der Waals surface area contributed by atoms with E-state index in [1.807, 2.05) is 11.3 Å². The van der Waals surface area contributed by atoms with Crippen LogP contribution in [0.1, 0.15) is 22.3 Å². The van der Waals surface area contributed by atoms with Crippen molar-refractivity contribution in [1.82, 2.24) is 9.97 Å². The van der Waals surface area contributed by atoms with Gasteiger partial charge in [0.2, 0.25) is 0 Å². The fourth-order valence-electron chi connectivity index (χ4n) is 4.55. The minimum absolute atomic E-state index is 0.00371. The van der Waals surface area contributed by atoms with Crippen LogP contribution in [0.5, 0.6) is 0 Å². The predicted molar refractivity (Wildman–Crippen MR) is 126 cm³/mol. The zero-order valence-electron chi connectivity index (χ0n) is 17.4. The van der Waals surface area contributed by atoms with Crippen LogP contribution >= 0.6 is 11.3 Å². The third kappa shape index (κ3) is 2.74. The van der Waals surface area contributed by atoms with Gasteiger partial charge in [0.25, 0.3) is 0 Å². The lowest BCUT2D eigenvalue weighted by Crippen LogP contribution is -2.50. The molecule has 1 aliphatic rings. The van der Waals surface area contributed by atoms with Gasteiger partial charge in [-0.1, -0.05) is 29.8 Å². The number of hydrogen-bond donors (Lipinski definition) is 1. The molecule has 144 valence electrons. The van der Waals surface area contributed by atoms with Crippen LogP contribution < -0.4 is 15.6 Å². The molecule has 0 atom stereocenters. The maximum absolute atomic E-state index is 4.72. The normalized spacial score (nSPS) is 13.1. The molecule has 0 fully saturated rings. The van der Waals surface area contributed by atoms with Gasteiger partial charge in [0.05, 0.1) is 15.8 Å². The number of hydrogen-bond acceptors (Lipinski definition) is 5. The lowest BCUT2D eigenvalue weighted by Gasteiger charge is -2.17. The number of para-hydroxylation sites is 2. The molecule has 1 N–H and O–H groups in total. The van der Waals surface area contributed by atoms with Gasteiger partial charge >= 0.3 is 6.98 Å². The first-order valence-electron chi connectivity index (χ1n) is 9.86. The molecule has 6 heteroatoms. The summed E-state index contributed by atoms with van der Waals surface area (Å²) >= 11 is 1.81. The minimum Gasteiger partial charge on any atom is -0.403 e. The van der Waals surface area contributed by atoms with Crippen LogP contribution in [0.15, 0.2) is 42.7 Å². The second-order valence-corrected chi connectivity index (χ2v) is 8.96. The van der Waals surface area contributed by atoms with Crippen LogP contribution in [0.2, 0.25) is 0 Å². The molecule has 0 bridgehead atoms. The third-order valence-electron chi connectivity index (χ3n) is 5.86. The molecule has 0 radical (unpaired) electrons. The van der Waals surface area contributed by atoms with E-state index in [9.17, 15) is 0 Å². The van der Waals surface area contributed by atoms with Crippen molar-refractivity contribution in [3.05, 3.63) is 65.0 Å². The number of aryl methyl sites for hydroxylation is 4. The summed E-state index contributed by atoms with van der Waals surface area (Å²) in [5.41, 5.74) is 10.9. The Balaban J connectivity index is 1.69. The van der Waals surface area contributed by atoms with E-state index in [0.717, 1.165) is 21.5 Å². The van der Waals surface area contributed by atoms with Crippen LogP contribution in [0.4, 0.5) is 11.4 Å². The van der Waals surface area contributed by atoms with Gasteiger partial charge in [-0.2, -0.15) is 0 Å². The van der Waals surface area contributed by atoms with Gasteiger partial charge < -0.3 is 10.0 Å². The van der Waals surface area contributed by atoms with E-state index in [1.54, 1.807) is 6.33 Å². The third-order valence-corrected chi connectivity index (χ3v) is 7.18. The molecule has 29 heavy (non-hydrogen) atoms. The van der Waals surface area contributed by atoms with Crippen molar-refractivity contribution in [3.8, 4) is 10.4 Å². The van der Waals surface area contributed by atoms with E-state index >= 15 is 0 Å². The van der Waals surface area contributed by atoms with E-state index in [4.69, 9.17) is 4.98 Å². The molecule has 1 aliphatic heterocycles. The molecule has 3 heterocycles. The highest BCUT2D eigenvalue weighted by Crippen LogP contribution is 2.40. The number of aromatic nitrogens is 2. The molecule has 0 amide bonds. The van der Waals surface area contributed by atoms with Crippen molar-refractivity contribution in [1.29, 1.82) is 0 Å². The van der Waals surface area contributed by atoms with Crippen molar-refractivity contribution in [2.45, 2.75) is 27.7 Å². The molecular formula is C23H23BN4S. The summed E-state index contributed by atoms with van der Waals surface area (Å²) in [4.78, 5) is 12.9. The molecule has 0 aliphatic carbocycles. The first-order chi connectivity index (χ1) is 14.0. The number of anilines is 2. The molecule has 2 aromatic carbocycles. The average molecular weight is 398 g/mol. The van der Waals surface area contributed by atoms with Crippen molar-refractivity contribution >= 4 is 45.5 Å². The van der Waals surface area contributed by atoms with E-state index in [0.29, 0.717) is 0 Å². The predicted octanol–water partition coefficient (Wildman–Crippen LogP) is 4.85. The average Bonchev–Trinajstić information content (AvgIpc) is 3.19. The molecule has 5 rings (SSSR count). The second kappa shape index (κ2) is 6.60. The number of fused-ring (bicyclic) bond motifs is 2.